The molecule has 0 atom stereocenters. The molecule has 1 N–H and O–H groups in total. The van der Waals surface area contributed by atoms with Crippen molar-refractivity contribution in [1.29, 1.82) is 0 Å². The summed E-state index contributed by atoms with van der Waals surface area (Å²) in [5.41, 5.74) is 3.57. The molecule has 3 aromatic rings. The summed E-state index contributed by atoms with van der Waals surface area (Å²) in [5, 5.41) is 3.31. The molecule has 19 heavy (non-hydrogen) atoms. The van der Waals surface area contributed by atoms with Crippen LogP contribution in [-0.2, 0) is 7.05 Å². The molecule has 0 amide bonds. The fourth-order valence-corrected chi connectivity index (χ4v) is 2.61. The molecule has 2 aromatic heterocycles. The summed E-state index contributed by atoms with van der Waals surface area (Å²) in [6.07, 6.45) is 1.68. The van der Waals surface area contributed by atoms with Crippen molar-refractivity contribution in [1.82, 2.24) is 14.9 Å². The SMILES string of the molecule is Cn1c(-c2ccco2)nc2ccc(C3CNC3)cc21. The lowest BCUT2D eigenvalue weighted by Crippen LogP contribution is -2.39. The lowest BCUT2D eigenvalue weighted by molar-refractivity contribution is 0.448. The van der Waals surface area contributed by atoms with Crippen molar-refractivity contribution < 1.29 is 4.42 Å². The zero-order valence-electron chi connectivity index (χ0n) is 10.8. The number of benzene rings is 1. The molecule has 1 aromatic carbocycles. The molecule has 96 valence electrons. The first kappa shape index (κ1) is 10.8. The normalized spacial score (nSPS) is 15.8. The highest BCUT2D eigenvalue weighted by atomic mass is 16.3. The van der Waals surface area contributed by atoms with Gasteiger partial charge in [0.2, 0.25) is 0 Å². The Bertz CT molecular complexity index is 723. The highest BCUT2D eigenvalue weighted by Crippen LogP contribution is 2.28. The van der Waals surface area contributed by atoms with Crippen LogP contribution in [0.4, 0.5) is 0 Å². The molecular weight excluding hydrogens is 238 g/mol. The smallest absolute Gasteiger partial charge is 0.176 e. The molecule has 0 radical (unpaired) electrons. The van der Waals surface area contributed by atoms with Crippen LogP contribution >= 0.6 is 0 Å². The Hall–Kier alpha value is -2.07. The molecule has 4 rings (SSSR count). The second kappa shape index (κ2) is 3.96. The summed E-state index contributed by atoms with van der Waals surface area (Å²) in [6, 6.07) is 10.4. The van der Waals surface area contributed by atoms with E-state index in [2.05, 4.69) is 33.1 Å². The number of nitrogens with zero attached hydrogens (tertiary/aromatic N) is 2. The maximum atomic E-state index is 5.45. The number of aryl methyl sites for hydroxylation is 1. The summed E-state index contributed by atoms with van der Waals surface area (Å²) in [7, 11) is 2.04. The van der Waals surface area contributed by atoms with Gasteiger partial charge in [0.1, 0.15) is 0 Å². The molecule has 0 spiro atoms. The molecule has 4 heteroatoms. The Balaban J connectivity index is 1.87. The van der Waals surface area contributed by atoms with Crippen LogP contribution in [0.2, 0.25) is 0 Å². The van der Waals surface area contributed by atoms with E-state index in [0.717, 1.165) is 35.7 Å². The van der Waals surface area contributed by atoms with Crippen molar-refractivity contribution >= 4 is 11.0 Å². The predicted molar refractivity (Wildman–Crippen MR) is 74.0 cm³/mol. The standard InChI is InChI=1S/C15H15N3O/c1-18-13-7-10(11-8-16-9-11)4-5-12(13)17-15(18)14-3-2-6-19-14/h2-7,11,16H,8-9H2,1H3. The highest BCUT2D eigenvalue weighted by Gasteiger charge is 2.20. The molecule has 1 aliphatic heterocycles. The zero-order chi connectivity index (χ0) is 12.8. The summed E-state index contributed by atoms with van der Waals surface area (Å²) < 4.78 is 7.55. The summed E-state index contributed by atoms with van der Waals surface area (Å²) in [6.45, 7) is 2.16. The molecule has 0 unspecified atom stereocenters. The molecule has 1 fully saturated rings. The van der Waals surface area contributed by atoms with E-state index < -0.39 is 0 Å². The summed E-state index contributed by atoms with van der Waals surface area (Å²) in [4.78, 5) is 4.65. The van der Waals surface area contributed by atoms with Gasteiger partial charge in [-0.2, -0.15) is 0 Å². The average Bonchev–Trinajstić information content (AvgIpc) is 2.96. The lowest BCUT2D eigenvalue weighted by atomic mass is 9.93. The van der Waals surface area contributed by atoms with Gasteiger partial charge in [-0.25, -0.2) is 4.98 Å². The van der Waals surface area contributed by atoms with E-state index in [1.54, 1.807) is 6.26 Å². The van der Waals surface area contributed by atoms with Crippen LogP contribution in [0.15, 0.2) is 41.0 Å². The maximum Gasteiger partial charge on any atom is 0.176 e. The molecule has 0 bridgehead atoms. The van der Waals surface area contributed by atoms with E-state index in [-0.39, 0.29) is 0 Å². The maximum absolute atomic E-state index is 5.45. The van der Waals surface area contributed by atoms with Crippen LogP contribution in [0.5, 0.6) is 0 Å². The third-order valence-electron chi connectivity index (χ3n) is 3.90. The third kappa shape index (κ3) is 1.60. The van der Waals surface area contributed by atoms with Gasteiger partial charge in [-0.15, -0.1) is 0 Å². The highest BCUT2D eigenvalue weighted by molar-refractivity contribution is 5.80. The number of aromatic nitrogens is 2. The quantitative estimate of drug-likeness (QED) is 0.763. The van der Waals surface area contributed by atoms with E-state index in [9.17, 15) is 0 Å². The van der Waals surface area contributed by atoms with Crippen LogP contribution in [0.3, 0.4) is 0 Å². The average molecular weight is 253 g/mol. The summed E-state index contributed by atoms with van der Waals surface area (Å²) in [5.74, 6) is 2.33. The van der Waals surface area contributed by atoms with Gasteiger partial charge in [-0.3, -0.25) is 0 Å². The minimum Gasteiger partial charge on any atom is -0.461 e. The van der Waals surface area contributed by atoms with Gasteiger partial charge in [0, 0.05) is 26.1 Å². The molecule has 0 saturated carbocycles. The summed E-state index contributed by atoms with van der Waals surface area (Å²) >= 11 is 0. The van der Waals surface area contributed by atoms with E-state index >= 15 is 0 Å². The van der Waals surface area contributed by atoms with E-state index in [1.807, 2.05) is 19.2 Å². The number of nitrogens with one attached hydrogen (secondary N) is 1. The zero-order valence-corrected chi connectivity index (χ0v) is 10.8. The van der Waals surface area contributed by atoms with Gasteiger partial charge in [0.15, 0.2) is 11.6 Å². The fourth-order valence-electron chi connectivity index (χ4n) is 2.61. The first-order chi connectivity index (χ1) is 9.33. The van der Waals surface area contributed by atoms with Crippen molar-refractivity contribution in [2.75, 3.05) is 13.1 Å². The number of furan rings is 1. The molecule has 3 heterocycles. The van der Waals surface area contributed by atoms with Crippen LogP contribution in [0.25, 0.3) is 22.6 Å². The number of hydrogen-bond acceptors (Lipinski definition) is 3. The predicted octanol–water partition coefficient (Wildman–Crippen LogP) is 2.52. The van der Waals surface area contributed by atoms with Crippen LogP contribution in [0.1, 0.15) is 11.5 Å². The second-order valence-corrected chi connectivity index (χ2v) is 5.08. The van der Waals surface area contributed by atoms with Gasteiger partial charge >= 0.3 is 0 Å². The van der Waals surface area contributed by atoms with E-state index in [4.69, 9.17) is 4.42 Å². The van der Waals surface area contributed by atoms with Gasteiger partial charge < -0.3 is 14.3 Å². The molecule has 4 nitrogen and oxygen atoms in total. The Morgan fingerprint density at radius 3 is 2.89 bits per heavy atom. The van der Waals surface area contributed by atoms with Crippen LogP contribution in [0, 0.1) is 0 Å². The second-order valence-electron chi connectivity index (χ2n) is 5.08. The van der Waals surface area contributed by atoms with Crippen molar-refractivity contribution in [2.24, 2.45) is 7.05 Å². The minimum absolute atomic E-state index is 0.645. The molecular formula is C15H15N3O. The van der Waals surface area contributed by atoms with E-state index in [0.29, 0.717) is 5.92 Å². The number of hydrogen-bond donors (Lipinski definition) is 1. The van der Waals surface area contributed by atoms with Crippen molar-refractivity contribution in [3.05, 3.63) is 42.2 Å². The first-order valence-corrected chi connectivity index (χ1v) is 6.54. The third-order valence-corrected chi connectivity index (χ3v) is 3.90. The first-order valence-electron chi connectivity index (χ1n) is 6.54. The lowest BCUT2D eigenvalue weighted by Gasteiger charge is -2.27. The molecule has 1 aliphatic rings. The van der Waals surface area contributed by atoms with Crippen LogP contribution in [-0.4, -0.2) is 22.6 Å². The molecule has 0 aliphatic carbocycles. The Labute approximate surface area is 111 Å². The number of fused-ring (bicyclic) bond motifs is 1. The van der Waals surface area contributed by atoms with Gasteiger partial charge in [-0.05, 0) is 29.8 Å². The van der Waals surface area contributed by atoms with Crippen molar-refractivity contribution in [2.45, 2.75) is 5.92 Å². The van der Waals surface area contributed by atoms with Crippen LogP contribution < -0.4 is 5.32 Å². The van der Waals surface area contributed by atoms with Gasteiger partial charge in [0.05, 0.1) is 17.3 Å². The molecule has 1 saturated heterocycles. The Kier molecular flexibility index (Phi) is 2.26. The number of rotatable bonds is 2. The van der Waals surface area contributed by atoms with Crippen molar-refractivity contribution in [3.63, 3.8) is 0 Å². The van der Waals surface area contributed by atoms with Gasteiger partial charge in [-0.1, -0.05) is 6.07 Å². The van der Waals surface area contributed by atoms with E-state index in [1.165, 1.54) is 5.56 Å². The van der Waals surface area contributed by atoms with Gasteiger partial charge in [0.25, 0.3) is 0 Å². The number of imidazole rings is 1. The fraction of sp³-hybridized carbons (Fsp3) is 0.267. The topological polar surface area (TPSA) is 43.0 Å². The Morgan fingerprint density at radius 2 is 2.21 bits per heavy atom. The van der Waals surface area contributed by atoms with Crippen molar-refractivity contribution in [3.8, 4) is 11.6 Å². The monoisotopic (exact) mass is 253 g/mol. The largest absolute Gasteiger partial charge is 0.461 e. The Morgan fingerprint density at radius 1 is 1.32 bits per heavy atom. The minimum atomic E-state index is 0.645.